The number of rotatable bonds is 7. The molecule has 0 bridgehead atoms. The third kappa shape index (κ3) is 5.35. The van der Waals surface area contributed by atoms with Crippen molar-refractivity contribution in [3.05, 3.63) is 44.9 Å². The van der Waals surface area contributed by atoms with E-state index in [9.17, 15) is 4.79 Å². The molecule has 3 aromatic rings. The number of amides is 1. The number of nitrogens with one attached hydrogen (secondary N) is 2. The summed E-state index contributed by atoms with van der Waals surface area (Å²) in [7, 11) is 0. The molecule has 0 atom stereocenters. The summed E-state index contributed by atoms with van der Waals surface area (Å²) in [4.78, 5) is 16.1. The molecule has 0 saturated carbocycles. The van der Waals surface area contributed by atoms with Gasteiger partial charge in [-0.25, -0.2) is 15.1 Å². The number of halogens is 2. The van der Waals surface area contributed by atoms with Crippen LogP contribution >= 0.6 is 46.3 Å². The Bertz CT molecular complexity index is 1020. The number of aryl methyl sites for hydroxylation is 1. The smallest absolute Gasteiger partial charge is 0.264 e. The molecule has 0 aliphatic heterocycles. The second-order valence-corrected chi connectivity index (χ2v) is 7.99. The van der Waals surface area contributed by atoms with Crippen LogP contribution in [0.3, 0.4) is 0 Å². The number of anilines is 2. The first kappa shape index (κ1) is 20.4. The zero-order valence-corrected chi connectivity index (χ0v) is 17.5. The average Bonchev–Trinajstić information content (AvgIpc) is 3.21. The van der Waals surface area contributed by atoms with Gasteiger partial charge in [0.15, 0.2) is 5.13 Å². The lowest BCUT2D eigenvalue weighted by Gasteiger charge is -2.03. The summed E-state index contributed by atoms with van der Waals surface area (Å²) < 4.78 is 1.20. The van der Waals surface area contributed by atoms with Gasteiger partial charge in [0.2, 0.25) is 11.1 Å². The number of carbonyl (C=O) groups excluding carboxylic acids is 1. The Morgan fingerprint density at radius 1 is 1.43 bits per heavy atom. The predicted molar refractivity (Wildman–Crippen MR) is 114 cm³/mol. The second kappa shape index (κ2) is 9.24. The predicted octanol–water partition coefficient (Wildman–Crippen LogP) is 3.24. The fraction of sp³-hybridized carbons (Fsp3) is 0.133. The molecule has 13 heteroatoms. The van der Waals surface area contributed by atoms with Crippen LogP contribution in [0.25, 0.3) is 0 Å². The number of hydrogen-bond acceptors (Lipinski definition) is 9. The van der Waals surface area contributed by atoms with E-state index in [1.807, 2.05) is 12.3 Å². The molecule has 0 radical (unpaired) electrons. The van der Waals surface area contributed by atoms with E-state index in [-0.39, 0.29) is 17.6 Å². The number of thiazole rings is 1. The van der Waals surface area contributed by atoms with Crippen LogP contribution in [-0.2, 0) is 4.79 Å². The largest absolute Gasteiger partial charge is 0.334 e. The van der Waals surface area contributed by atoms with Crippen LogP contribution in [0, 0.1) is 6.92 Å². The summed E-state index contributed by atoms with van der Waals surface area (Å²) in [5, 5.41) is 18.3. The first-order chi connectivity index (χ1) is 13.4. The Kier molecular flexibility index (Phi) is 6.73. The van der Waals surface area contributed by atoms with Gasteiger partial charge in [0.1, 0.15) is 0 Å². The van der Waals surface area contributed by atoms with E-state index < -0.39 is 0 Å². The molecule has 3 rings (SSSR count). The van der Waals surface area contributed by atoms with Crippen LogP contribution in [0.2, 0.25) is 10.0 Å². The van der Waals surface area contributed by atoms with Crippen LogP contribution in [0.5, 0.6) is 0 Å². The van der Waals surface area contributed by atoms with E-state index in [4.69, 9.17) is 29.0 Å². The van der Waals surface area contributed by atoms with Crippen molar-refractivity contribution in [2.24, 2.45) is 5.10 Å². The molecule has 0 aliphatic carbocycles. The highest BCUT2D eigenvalue weighted by atomic mass is 35.5. The number of hydrogen-bond donors (Lipinski definition) is 3. The highest BCUT2D eigenvalue weighted by Gasteiger charge is 2.13. The van der Waals surface area contributed by atoms with Crippen molar-refractivity contribution in [2.45, 2.75) is 12.1 Å². The highest BCUT2D eigenvalue weighted by Crippen LogP contribution is 2.20. The van der Waals surface area contributed by atoms with E-state index in [0.717, 1.165) is 17.5 Å². The normalized spacial score (nSPS) is 11.1. The molecule has 0 fully saturated rings. The quantitative estimate of drug-likeness (QED) is 0.215. The number of thioether (sulfide) groups is 1. The summed E-state index contributed by atoms with van der Waals surface area (Å²) in [5.74, 6) is 6.02. The summed E-state index contributed by atoms with van der Waals surface area (Å²) in [5.41, 5.74) is 4.20. The van der Waals surface area contributed by atoms with Gasteiger partial charge in [-0.3, -0.25) is 4.79 Å². The zero-order valence-electron chi connectivity index (χ0n) is 14.4. The Morgan fingerprint density at radius 2 is 2.25 bits per heavy atom. The summed E-state index contributed by atoms with van der Waals surface area (Å²) >= 11 is 14.4. The maximum absolute atomic E-state index is 12.0. The lowest BCUT2D eigenvalue weighted by atomic mass is 10.2. The maximum Gasteiger partial charge on any atom is 0.264 e. The molecule has 2 aromatic heterocycles. The fourth-order valence-corrected chi connectivity index (χ4v) is 3.73. The van der Waals surface area contributed by atoms with Gasteiger partial charge in [0.05, 0.1) is 22.7 Å². The van der Waals surface area contributed by atoms with Crippen LogP contribution in [0.4, 0.5) is 11.1 Å². The molecule has 2 heterocycles. The van der Waals surface area contributed by atoms with E-state index in [1.165, 1.54) is 22.2 Å². The average molecular weight is 457 g/mol. The Balaban J connectivity index is 1.54. The molecule has 9 nitrogen and oxygen atoms in total. The topological polar surface area (TPSA) is 123 Å². The first-order valence-electron chi connectivity index (χ1n) is 7.72. The van der Waals surface area contributed by atoms with Crippen LogP contribution < -0.4 is 16.6 Å². The minimum Gasteiger partial charge on any atom is -0.334 e. The van der Waals surface area contributed by atoms with E-state index in [2.05, 4.69) is 31.0 Å². The Hall–Kier alpha value is -2.34. The van der Waals surface area contributed by atoms with Crippen LogP contribution in [-0.4, -0.2) is 37.7 Å². The number of nitrogen functional groups attached to an aromatic ring is 1. The van der Waals surface area contributed by atoms with Crippen LogP contribution in [0.1, 0.15) is 11.3 Å². The number of nitrogens with two attached hydrogens (primary N) is 1. The minimum atomic E-state index is -0.215. The lowest BCUT2D eigenvalue weighted by Crippen LogP contribution is -2.16. The molecule has 1 aromatic carbocycles. The third-order valence-electron chi connectivity index (χ3n) is 3.19. The minimum absolute atomic E-state index is 0.109. The number of benzene rings is 1. The molecule has 4 N–H and O–H groups in total. The van der Waals surface area contributed by atoms with Crippen molar-refractivity contribution in [3.63, 3.8) is 0 Å². The third-order valence-corrected chi connectivity index (χ3v) is 5.57. The van der Waals surface area contributed by atoms with Crippen molar-refractivity contribution in [1.82, 2.24) is 19.9 Å². The van der Waals surface area contributed by atoms with Crippen LogP contribution in [0.15, 0.2) is 33.8 Å². The lowest BCUT2D eigenvalue weighted by molar-refractivity contribution is -0.113. The number of carbonyl (C=O) groups is 1. The van der Waals surface area contributed by atoms with E-state index in [0.29, 0.717) is 25.9 Å². The van der Waals surface area contributed by atoms with Gasteiger partial charge in [-0.15, -0.1) is 21.5 Å². The SMILES string of the molecule is Cc1csc(NC(=O)CSc2nnc(N/N=C/c3ccc(Cl)cc3Cl)n2N)n1. The van der Waals surface area contributed by atoms with Gasteiger partial charge in [-0.05, 0) is 19.1 Å². The highest BCUT2D eigenvalue weighted by molar-refractivity contribution is 7.99. The van der Waals surface area contributed by atoms with Gasteiger partial charge in [0.25, 0.3) is 5.95 Å². The van der Waals surface area contributed by atoms with E-state index >= 15 is 0 Å². The monoisotopic (exact) mass is 456 g/mol. The molecule has 1 amide bonds. The molecule has 0 aliphatic rings. The standard InChI is InChI=1S/C15H14Cl2N8OS2/c1-8-6-27-14(20-8)21-12(26)7-28-15-24-23-13(25(15)18)22-19-5-9-2-3-10(16)4-11(9)17/h2-6H,7,18H2,1H3,(H,22,23)(H,20,21,26)/b19-5+. The Morgan fingerprint density at radius 3 is 2.96 bits per heavy atom. The van der Waals surface area contributed by atoms with Gasteiger partial charge >= 0.3 is 0 Å². The van der Waals surface area contributed by atoms with Crippen molar-refractivity contribution in [1.29, 1.82) is 0 Å². The summed E-state index contributed by atoms with van der Waals surface area (Å²) in [6.07, 6.45) is 1.50. The fourth-order valence-electron chi connectivity index (χ4n) is 1.91. The molecule has 0 spiro atoms. The van der Waals surface area contributed by atoms with Gasteiger partial charge < -0.3 is 11.2 Å². The van der Waals surface area contributed by atoms with Gasteiger partial charge in [0, 0.05) is 16.0 Å². The van der Waals surface area contributed by atoms with Crippen molar-refractivity contribution in [2.75, 3.05) is 22.3 Å². The Labute approximate surface area is 178 Å². The molecule has 0 saturated heterocycles. The maximum atomic E-state index is 12.0. The number of aromatic nitrogens is 4. The zero-order chi connectivity index (χ0) is 20.1. The molecular weight excluding hydrogens is 443 g/mol. The number of nitrogens with zero attached hydrogens (tertiary/aromatic N) is 5. The van der Waals surface area contributed by atoms with E-state index in [1.54, 1.807) is 18.2 Å². The summed E-state index contributed by atoms with van der Waals surface area (Å²) in [6.45, 7) is 1.86. The molecule has 28 heavy (non-hydrogen) atoms. The van der Waals surface area contributed by atoms with Crippen molar-refractivity contribution in [3.8, 4) is 0 Å². The molecule has 146 valence electrons. The van der Waals surface area contributed by atoms with Gasteiger partial charge in [-0.1, -0.05) is 41.0 Å². The summed E-state index contributed by atoms with van der Waals surface area (Å²) in [6, 6.07) is 5.04. The first-order valence-corrected chi connectivity index (χ1v) is 10.3. The van der Waals surface area contributed by atoms with Crippen molar-refractivity contribution >= 4 is 69.5 Å². The van der Waals surface area contributed by atoms with Crippen molar-refractivity contribution < 1.29 is 4.79 Å². The molecular formula is C15H14Cl2N8OS2. The van der Waals surface area contributed by atoms with Gasteiger partial charge in [-0.2, -0.15) is 5.10 Å². The second-order valence-electron chi connectivity index (χ2n) is 5.34. The number of hydrazone groups is 1. The molecule has 0 unspecified atom stereocenters.